The van der Waals surface area contributed by atoms with E-state index in [1.807, 2.05) is 25.1 Å². The average molecular weight is 188 g/mol. The summed E-state index contributed by atoms with van der Waals surface area (Å²) < 4.78 is 0. The van der Waals surface area contributed by atoms with Crippen molar-refractivity contribution in [3.63, 3.8) is 0 Å². The molecule has 1 aliphatic heterocycles. The van der Waals surface area contributed by atoms with Gasteiger partial charge in [0.05, 0.1) is 12.0 Å². The minimum Gasteiger partial charge on any atom is -0.353 e. The minimum absolute atomic E-state index is 0.756. The number of hydrogen-bond donors (Lipinski definition) is 2. The van der Waals surface area contributed by atoms with Crippen LogP contribution in [0.2, 0.25) is 0 Å². The van der Waals surface area contributed by atoms with Gasteiger partial charge in [0.2, 0.25) is 0 Å². The second-order valence-corrected chi connectivity index (χ2v) is 3.25. The van der Waals surface area contributed by atoms with Crippen molar-refractivity contribution in [3.05, 3.63) is 41.9 Å². The Hall–Kier alpha value is -1.68. The maximum absolute atomic E-state index is 6.06. The smallest absolute Gasteiger partial charge is 0.173 e. The zero-order valence-electron chi connectivity index (χ0n) is 7.94. The van der Waals surface area contributed by atoms with Crippen molar-refractivity contribution in [2.45, 2.75) is 12.6 Å². The van der Waals surface area contributed by atoms with Gasteiger partial charge in [-0.1, -0.05) is 6.07 Å². The highest BCUT2D eigenvalue weighted by atomic mass is 15.1. The lowest BCUT2D eigenvalue weighted by atomic mass is 10.1. The molecule has 1 aromatic heterocycles. The fourth-order valence-electron chi connectivity index (χ4n) is 1.32. The summed E-state index contributed by atoms with van der Waals surface area (Å²) in [5.41, 5.74) is 6.94. The molecule has 1 aromatic rings. The molecular formula is C10H12N4. The molecule has 0 aromatic carbocycles. The summed E-state index contributed by atoms with van der Waals surface area (Å²) in [5, 5.41) is 2.84. The minimum atomic E-state index is -0.822. The Morgan fingerprint density at radius 1 is 1.43 bits per heavy atom. The maximum Gasteiger partial charge on any atom is 0.173 e. The number of hydrogen-bond acceptors (Lipinski definition) is 4. The normalized spacial score (nSPS) is 24.7. The van der Waals surface area contributed by atoms with E-state index in [0.29, 0.717) is 0 Å². The molecule has 2 heterocycles. The predicted octanol–water partition coefficient (Wildman–Crippen LogP) is 0.647. The van der Waals surface area contributed by atoms with Crippen molar-refractivity contribution in [1.82, 2.24) is 10.3 Å². The van der Waals surface area contributed by atoms with E-state index in [-0.39, 0.29) is 0 Å². The summed E-state index contributed by atoms with van der Waals surface area (Å²) in [6, 6.07) is 5.74. The van der Waals surface area contributed by atoms with Crippen LogP contribution in [0.1, 0.15) is 11.4 Å². The van der Waals surface area contributed by atoms with E-state index in [9.17, 15) is 0 Å². The Bertz CT molecular complexity index is 383. The average Bonchev–Trinajstić information content (AvgIpc) is 2.19. The van der Waals surface area contributed by atoms with Crippen LogP contribution < -0.4 is 11.1 Å². The van der Waals surface area contributed by atoms with Gasteiger partial charge in [-0.05, 0) is 25.1 Å². The Balaban J connectivity index is 2.43. The Kier molecular flexibility index (Phi) is 2.05. The molecule has 1 aliphatic rings. The van der Waals surface area contributed by atoms with Crippen molar-refractivity contribution in [2.75, 3.05) is 0 Å². The van der Waals surface area contributed by atoms with Crippen LogP contribution in [0.4, 0.5) is 0 Å². The standard InChI is InChI=1S/C10H12N4/c1-8-3-2-4-9(14-8)10(11)5-6-12-7-13-10/h2-7H,11H2,1H3,(H,12,13). The molecule has 1 unspecified atom stereocenters. The summed E-state index contributed by atoms with van der Waals surface area (Å²) in [5.74, 6) is 0. The molecule has 0 saturated heterocycles. The number of aliphatic imine (C=N–C) groups is 1. The quantitative estimate of drug-likeness (QED) is 0.680. The first-order valence-electron chi connectivity index (χ1n) is 4.41. The lowest BCUT2D eigenvalue weighted by Crippen LogP contribution is -2.36. The van der Waals surface area contributed by atoms with Crippen molar-refractivity contribution in [1.29, 1.82) is 0 Å². The van der Waals surface area contributed by atoms with E-state index >= 15 is 0 Å². The van der Waals surface area contributed by atoms with E-state index in [4.69, 9.17) is 5.73 Å². The fourth-order valence-corrected chi connectivity index (χ4v) is 1.32. The first-order valence-corrected chi connectivity index (χ1v) is 4.41. The third kappa shape index (κ3) is 1.52. The van der Waals surface area contributed by atoms with Gasteiger partial charge in [0, 0.05) is 11.9 Å². The zero-order valence-corrected chi connectivity index (χ0v) is 7.94. The van der Waals surface area contributed by atoms with Crippen LogP contribution in [0.25, 0.3) is 0 Å². The number of nitrogens with one attached hydrogen (secondary N) is 1. The van der Waals surface area contributed by atoms with Crippen LogP contribution in [-0.4, -0.2) is 11.3 Å². The number of aryl methyl sites for hydroxylation is 1. The van der Waals surface area contributed by atoms with E-state index in [1.54, 1.807) is 18.6 Å². The van der Waals surface area contributed by atoms with Gasteiger partial charge < -0.3 is 5.32 Å². The zero-order chi connectivity index (χ0) is 10.0. The summed E-state index contributed by atoms with van der Waals surface area (Å²) in [7, 11) is 0. The van der Waals surface area contributed by atoms with E-state index in [0.717, 1.165) is 11.4 Å². The van der Waals surface area contributed by atoms with Crippen LogP contribution in [-0.2, 0) is 5.66 Å². The molecule has 0 amide bonds. The number of nitrogens with two attached hydrogens (primary N) is 1. The highest BCUT2D eigenvalue weighted by Gasteiger charge is 2.25. The Morgan fingerprint density at radius 3 is 2.93 bits per heavy atom. The van der Waals surface area contributed by atoms with Gasteiger partial charge in [0.1, 0.15) is 0 Å². The van der Waals surface area contributed by atoms with Gasteiger partial charge in [-0.3, -0.25) is 10.7 Å². The van der Waals surface area contributed by atoms with Crippen LogP contribution in [0.5, 0.6) is 0 Å². The third-order valence-corrected chi connectivity index (χ3v) is 2.09. The lowest BCUT2D eigenvalue weighted by molar-refractivity contribution is 0.565. The van der Waals surface area contributed by atoms with Crippen molar-refractivity contribution >= 4 is 6.34 Å². The van der Waals surface area contributed by atoms with Crippen LogP contribution >= 0.6 is 0 Å². The largest absolute Gasteiger partial charge is 0.353 e. The molecule has 0 radical (unpaired) electrons. The molecular weight excluding hydrogens is 176 g/mol. The van der Waals surface area contributed by atoms with E-state index < -0.39 is 5.66 Å². The highest BCUT2D eigenvalue weighted by Crippen LogP contribution is 2.20. The Morgan fingerprint density at radius 2 is 2.29 bits per heavy atom. The molecule has 0 fully saturated rings. The van der Waals surface area contributed by atoms with Crippen LogP contribution in [0.3, 0.4) is 0 Å². The first kappa shape index (κ1) is 8.90. The van der Waals surface area contributed by atoms with Gasteiger partial charge in [-0.25, -0.2) is 4.99 Å². The molecule has 14 heavy (non-hydrogen) atoms. The molecule has 0 saturated carbocycles. The molecule has 72 valence electrons. The van der Waals surface area contributed by atoms with Gasteiger partial charge in [0.25, 0.3) is 0 Å². The monoisotopic (exact) mass is 188 g/mol. The number of nitrogens with zero attached hydrogens (tertiary/aromatic N) is 2. The predicted molar refractivity (Wildman–Crippen MR) is 55.6 cm³/mol. The van der Waals surface area contributed by atoms with Crippen LogP contribution in [0.15, 0.2) is 35.5 Å². The number of rotatable bonds is 1. The van der Waals surface area contributed by atoms with Gasteiger partial charge in [-0.15, -0.1) is 0 Å². The molecule has 2 rings (SSSR count). The first-order chi connectivity index (χ1) is 6.71. The summed E-state index contributed by atoms with van der Waals surface area (Å²) >= 11 is 0. The molecule has 0 bridgehead atoms. The van der Waals surface area contributed by atoms with Gasteiger partial charge in [0.15, 0.2) is 5.66 Å². The van der Waals surface area contributed by atoms with E-state index in [1.165, 1.54) is 0 Å². The molecule has 4 nitrogen and oxygen atoms in total. The lowest BCUT2D eigenvalue weighted by Gasteiger charge is -2.22. The molecule has 0 aliphatic carbocycles. The van der Waals surface area contributed by atoms with Crippen molar-refractivity contribution in [3.8, 4) is 0 Å². The molecule has 0 spiro atoms. The number of pyridine rings is 1. The SMILES string of the molecule is Cc1cccc(C2(N)C=CNC=N2)n1. The second kappa shape index (κ2) is 3.23. The van der Waals surface area contributed by atoms with Crippen LogP contribution in [0, 0.1) is 6.92 Å². The summed E-state index contributed by atoms with van der Waals surface area (Å²) in [4.78, 5) is 8.52. The summed E-state index contributed by atoms with van der Waals surface area (Å²) in [6.45, 7) is 1.93. The topological polar surface area (TPSA) is 63.3 Å². The Labute approximate surface area is 82.6 Å². The molecule has 3 N–H and O–H groups in total. The van der Waals surface area contributed by atoms with E-state index in [2.05, 4.69) is 15.3 Å². The van der Waals surface area contributed by atoms with Gasteiger partial charge >= 0.3 is 0 Å². The van der Waals surface area contributed by atoms with Crippen molar-refractivity contribution in [2.24, 2.45) is 10.7 Å². The maximum atomic E-state index is 6.06. The van der Waals surface area contributed by atoms with Crippen molar-refractivity contribution < 1.29 is 0 Å². The number of aromatic nitrogens is 1. The van der Waals surface area contributed by atoms with Gasteiger partial charge in [-0.2, -0.15) is 0 Å². The fraction of sp³-hybridized carbons (Fsp3) is 0.200. The molecule has 1 atom stereocenters. The molecule has 4 heteroatoms. The summed E-state index contributed by atoms with van der Waals surface area (Å²) in [6.07, 6.45) is 5.12. The third-order valence-electron chi connectivity index (χ3n) is 2.09. The highest BCUT2D eigenvalue weighted by molar-refractivity contribution is 5.59. The second-order valence-electron chi connectivity index (χ2n) is 3.25.